The molecule has 0 bridgehead atoms. The Morgan fingerprint density at radius 2 is 2.22 bits per heavy atom. The maximum Gasteiger partial charge on any atom is 0.272 e. The second-order valence-corrected chi connectivity index (χ2v) is 4.39. The predicted molar refractivity (Wildman–Crippen MR) is 65.0 cm³/mol. The van der Waals surface area contributed by atoms with E-state index in [-0.39, 0.29) is 5.91 Å². The molecule has 0 aromatic carbocycles. The number of nitrogens with zero attached hydrogens (tertiary/aromatic N) is 1. The number of halogens is 1. The van der Waals surface area contributed by atoms with Crippen LogP contribution in [0, 0.1) is 5.82 Å². The molecule has 2 N–H and O–H groups in total. The second-order valence-electron chi connectivity index (χ2n) is 4.39. The van der Waals surface area contributed by atoms with Gasteiger partial charge in [0, 0.05) is 11.8 Å². The van der Waals surface area contributed by atoms with E-state index in [1.165, 1.54) is 17.8 Å². The van der Waals surface area contributed by atoms with Crippen LogP contribution in [0.3, 0.4) is 0 Å². The first kappa shape index (κ1) is 11.0. The van der Waals surface area contributed by atoms with E-state index in [1.54, 1.807) is 0 Å². The predicted octanol–water partition coefficient (Wildman–Crippen LogP) is 2.29. The minimum absolute atomic E-state index is 0.267. The largest absolute Gasteiger partial charge is 0.354 e. The molecule has 18 heavy (non-hydrogen) atoms. The van der Waals surface area contributed by atoms with Crippen molar-refractivity contribution in [3.05, 3.63) is 47.3 Å². The molecule has 3 rings (SSSR count). The van der Waals surface area contributed by atoms with Gasteiger partial charge in [0.1, 0.15) is 11.5 Å². The normalized spacial score (nSPS) is 13.4. The summed E-state index contributed by atoms with van der Waals surface area (Å²) in [5.74, 6) is -0.737. The Morgan fingerprint density at radius 3 is 3.00 bits per heavy atom. The number of aryl methyl sites for hydroxylation is 2. The molecule has 1 aliphatic rings. The van der Waals surface area contributed by atoms with Crippen LogP contribution in [0.15, 0.2) is 24.5 Å². The second kappa shape index (κ2) is 4.25. The van der Waals surface area contributed by atoms with Gasteiger partial charge in [0.15, 0.2) is 0 Å². The van der Waals surface area contributed by atoms with Gasteiger partial charge in [-0.1, -0.05) is 0 Å². The Kier molecular flexibility index (Phi) is 2.59. The summed E-state index contributed by atoms with van der Waals surface area (Å²) < 4.78 is 12.9. The number of aromatic amines is 1. The molecule has 1 amide bonds. The number of pyridine rings is 1. The Labute approximate surface area is 103 Å². The van der Waals surface area contributed by atoms with Gasteiger partial charge in [-0.05, 0) is 30.9 Å². The van der Waals surface area contributed by atoms with Crippen molar-refractivity contribution in [1.29, 1.82) is 0 Å². The number of nitrogens with one attached hydrogen (secondary N) is 2. The standard InChI is InChI=1S/C13H12FN3O/c14-9-5-10(7-15-6-9)16-13(18)12-4-8-2-1-3-11(8)17-12/h4-7,17H,1-3H2,(H,16,18). The van der Waals surface area contributed by atoms with Crippen LogP contribution in [0.2, 0.25) is 0 Å². The number of fused-ring (bicyclic) bond motifs is 1. The average Bonchev–Trinajstić information content (AvgIpc) is 2.88. The molecule has 0 aliphatic heterocycles. The molecule has 0 saturated carbocycles. The summed E-state index contributed by atoms with van der Waals surface area (Å²) in [7, 11) is 0. The van der Waals surface area contributed by atoms with Crippen LogP contribution >= 0.6 is 0 Å². The fourth-order valence-corrected chi connectivity index (χ4v) is 2.24. The molecule has 0 fully saturated rings. The molecule has 4 nitrogen and oxygen atoms in total. The lowest BCUT2D eigenvalue weighted by molar-refractivity contribution is 0.102. The van der Waals surface area contributed by atoms with E-state index < -0.39 is 5.82 Å². The zero-order valence-electron chi connectivity index (χ0n) is 9.66. The van der Waals surface area contributed by atoms with Gasteiger partial charge in [-0.2, -0.15) is 0 Å². The molecule has 2 heterocycles. The van der Waals surface area contributed by atoms with Gasteiger partial charge in [0.2, 0.25) is 0 Å². The highest BCUT2D eigenvalue weighted by molar-refractivity contribution is 6.03. The number of amides is 1. The highest BCUT2D eigenvalue weighted by Crippen LogP contribution is 2.22. The highest BCUT2D eigenvalue weighted by atomic mass is 19.1. The lowest BCUT2D eigenvalue weighted by Gasteiger charge is -2.03. The van der Waals surface area contributed by atoms with Crippen molar-refractivity contribution < 1.29 is 9.18 Å². The van der Waals surface area contributed by atoms with Crippen LogP contribution in [0.5, 0.6) is 0 Å². The molecule has 0 radical (unpaired) electrons. The van der Waals surface area contributed by atoms with E-state index in [1.807, 2.05) is 6.07 Å². The summed E-state index contributed by atoms with van der Waals surface area (Å²) in [6.45, 7) is 0. The maximum atomic E-state index is 12.9. The van der Waals surface area contributed by atoms with Crippen molar-refractivity contribution in [3.8, 4) is 0 Å². The van der Waals surface area contributed by atoms with Gasteiger partial charge < -0.3 is 10.3 Å². The number of rotatable bonds is 2. The van der Waals surface area contributed by atoms with Gasteiger partial charge >= 0.3 is 0 Å². The SMILES string of the molecule is O=C(Nc1cncc(F)c1)c1cc2c([nH]1)CCC2. The van der Waals surface area contributed by atoms with E-state index in [0.29, 0.717) is 11.4 Å². The molecule has 0 spiro atoms. The zero-order valence-corrected chi connectivity index (χ0v) is 9.66. The minimum Gasteiger partial charge on any atom is -0.354 e. The third-order valence-electron chi connectivity index (χ3n) is 3.07. The summed E-state index contributed by atoms with van der Waals surface area (Å²) in [6.07, 6.45) is 5.65. The van der Waals surface area contributed by atoms with Crippen LogP contribution in [0.25, 0.3) is 0 Å². The Hall–Kier alpha value is -2.17. The summed E-state index contributed by atoms with van der Waals surface area (Å²) in [6, 6.07) is 3.10. The Balaban J connectivity index is 1.78. The monoisotopic (exact) mass is 245 g/mol. The van der Waals surface area contributed by atoms with Crippen molar-refractivity contribution >= 4 is 11.6 Å². The quantitative estimate of drug-likeness (QED) is 0.852. The van der Waals surface area contributed by atoms with E-state index in [0.717, 1.165) is 31.2 Å². The minimum atomic E-state index is -0.471. The van der Waals surface area contributed by atoms with Gasteiger partial charge in [0.05, 0.1) is 18.1 Å². The zero-order chi connectivity index (χ0) is 12.5. The number of aromatic nitrogens is 2. The summed E-state index contributed by atoms with van der Waals surface area (Å²) in [5, 5.41) is 2.62. The smallest absolute Gasteiger partial charge is 0.272 e. The van der Waals surface area contributed by atoms with Crippen LogP contribution in [0.4, 0.5) is 10.1 Å². The maximum absolute atomic E-state index is 12.9. The van der Waals surface area contributed by atoms with Crippen LogP contribution in [-0.2, 0) is 12.8 Å². The topological polar surface area (TPSA) is 57.8 Å². The van der Waals surface area contributed by atoms with E-state index in [4.69, 9.17) is 0 Å². The number of carbonyl (C=O) groups excluding carboxylic acids is 1. The van der Waals surface area contributed by atoms with Crippen LogP contribution in [0.1, 0.15) is 28.2 Å². The lowest BCUT2D eigenvalue weighted by atomic mass is 10.2. The fraction of sp³-hybridized carbons (Fsp3) is 0.231. The van der Waals surface area contributed by atoms with E-state index in [2.05, 4.69) is 15.3 Å². The summed E-state index contributed by atoms with van der Waals surface area (Å²) in [5.41, 5.74) is 3.22. The highest BCUT2D eigenvalue weighted by Gasteiger charge is 2.17. The number of carbonyl (C=O) groups is 1. The number of hydrogen-bond acceptors (Lipinski definition) is 2. The molecule has 5 heteroatoms. The molecule has 0 saturated heterocycles. The summed E-state index contributed by atoms with van der Waals surface area (Å²) >= 11 is 0. The molecular weight excluding hydrogens is 233 g/mol. The third kappa shape index (κ3) is 1.99. The molecule has 92 valence electrons. The first-order valence-corrected chi connectivity index (χ1v) is 5.85. The van der Waals surface area contributed by atoms with Crippen molar-refractivity contribution in [2.75, 3.05) is 5.32 Å². The molecule has 0 unspecified atom stereocenters. The van der Waals surface area contributed by atoms with E-state index in [9.17, 15) is 9.18 Å². The molecule has 2 aromatic rings. The van der Waals surface area contributed by atoms with Gasteiger partial charge in [-0.25, -0.2) is 4.39 Å². The molecular formula is C13H12FN3O. The first-order valence-electron chi connectivity index (χ1n) is 5.85. The lowest BCUT2D eigenvalue weighted by Crippen LogP contribution is -2.12. The number of hydrogen-bond donors (Lipinski definition) is 2. The Bertz CT molecular complexity index is 585. The number of H-pyrrole nitrogens is 1. The van der Waals surface area contributed by atoms with Gasteiger partial charge in [-0.15, -0.1) is 0 Å². The van der Waals surface area contributed by atoms with Crippen molar-refractivity contribution in [1.82, 2.24) is 9.97 Å². The third-order valence-corrected chi connectivity index (χ3v) is 3.07. The summed E-state index contributed by atoms with van der Waals surface area (Å²) in [4.78, 5) is 18.7. The van der Waals surface area contributed by atoms with Crippen molar-refractivity contribution in [2.24, 2.45) is 0 Å². The number of anilines is 1. The Morgan fingerprint density at radius 1 is 1.33 bits per heavy atom. The van der Waals surface area contributed by atoms with Crippen molar-refractivity contribution in [3.63, 3.8) is 0 Å². The van der Waals surface area contributed by atoms with Crippen molar-refractivity contribution in [2.45, 2.75) is 19.3 Å². The van der Waals surface area contributed by atoms with Gasteiger partial charge in [-0.3, -0.25) is 9.78 Å². The molecule has 0 atom stereocenters. The average molecular weight is 245 g/mol. The molecule has 2 aromatic heterocycles. The fourth-order valence-electron chi connectivity index (χ4n) is 2.24. The van der Waals surface area contributed by atoms with Crippen LogP contribution < -0.4 is 5.32 Å². The van der Waals surface area contributed by atoms with E-state index >= 15 is 0 Å². The molecule has 1 aliphatic carbocycles. The first-order chi connectivity index (χ1) is 8.72. The van der Waals surface area contributed by atoms with Crippen LogP contribution in [-0.4, -0.2) is 15.9 Å². The van der Waals surface area contributed by atoms with Gasteiger partial charge in [0.25, 0.3) is 5.91 Å².